The summed E-state index contributed by atoms with van der Waals surface area (Å²) in [4.78, 5) is 22.4. The van der Waals surface area contributed by atoms with E-state index in [1.165, 1.54) is 0 Å². The molecule has 0 saturated carbocycles. The fourth-order valence-corrected chi connectivity index (χ4v) is 2.12. The van der Waals surface area contributed by atoms with Gasteiger partial charge in [0.15, 0.2) is 0 Å². The molecular formula is C12H12O5. The lowest BCUT2D eigenvalue weighted by Gasteiger charge is -2.17. The summed E-state index contributed by atoms with van der Waals surface area (Å²) in [5.41, 5.74) is 0.435. The zero-order valence-electron chi connectivity index (χ0n) is 9.00. The normalized spacial score (nSPS) is 23.1. The zero-order chi connectivity index (χ0) is 12.4. The third-order valence-corrected chi connectivity index (χ3v) is 2.93. The van der Waals surface area contributed by atoms with Crippen molar-refractivity contribution in [1.29, 1.82) is 0 Å². The average molecular weight is 236 g/mol. The van der Waals surface area contributed by atoms with Crippen LogP contribution in [0.3, 0.4) is 0 Å². The summed E-state index contributed by atoms with van der Waals surface area (Å²) >= 11 is 0. The number of rotatable bonds is 2. The SMILES string of the molecule is O=C(O)C1CCOc2ccccc2C1C(=O)O. The van der Waals surface area contributed by atoms with Crippen molar-refractivity contribution in [1.82, 2.24) is 0 Å². The molecule has 1 heterocycles. The lowest BCUT2D eigenvalue weighted by Crippen LogP contribution is -2.27. The Kier molecular flexibility index (Phi) is 2.99. The van der Waals surface area contributed by atoms with Gasteiger partial charge in [0, 0.05) is 5.56 Å². The van der Waals surface area contributed by atoms with Crippen LogP contribution in [-0.4, -0.2) is 28.8 Å². The van der Waals surface area contributed by atoms with Crippen molar-refractivity contribution in [2.24, 2.45) is 5.92 Å². The number of ether oxygens (including phenoxy) is 1. The van der Waals surface area contributed by atoms with Crippen molar-refractivity contribution in [3.8, 4) is 5.75 Å². The van der Waals surface area contributed by atoms with Gasteiger partial charge in [0.2, 0.25) is 0 Å². The van der Waals surface area contributed by atoms with Gasteiger partial charge in [-0.3, -0.25) is 9.59 Å². The van der Waals surface area contributed by atoms with Crippen molar-refractivity contribution < 1.29 is 24.5 Å². The highest BCUT2D eigenvalue weighted by Gasteiger charge is 2.38. The number of carboxylic acids is 2. The number of carboxylic acid groups (broad SMARTS) is 2. The molecule has 17 heavy (non-hydrogen) atoms. The number of aliphatic carboxylic acids is 2. The fourth-order valence-electron chi connectivity index (χ4n) is 2.12. The minimum atomic E-state index is -1.13. The Morgan fingerprint density at radius 2 is 1.88 bits per heavy atom. The fraction of sp³-hybridized carbons (Fsp3) is 0.333. The van der Waals surface area contributed by atoms with Crippen LogP contribution in [0, 0.1) is 5.92 Å². The topological polar surface area (TPSA) is 83.8 Å². The minimum Gasteiger partial charge on any atom is -0.493 e. The number of fused-ring (bicyclic) bond motifs is 1. The van der Waals surface area contributed by atoms with Crippen LogP contribution in [0.1, 0.15) is 17.9 Å². The lowest BCUT2D eigenvalue weighted by molar-refractivity contribution is -0.150. The highest BCUT2D eigenvalue weighted by molar-refractivity contribution is 5.85. The minimum absolute atomic E-state index is 0.195. The van der Waals surface area contributed by atoms with Crippen molar-refractivity contribution >= 4 is 11.9 Å². The van der Waals surface area contributed by atoms with Crippen molar-refractivity contribution in [2.45, 2.75) is 12.3 Å². The van der Waals surface area contributed by atoms with Gasteiger partial charge in [-0.15, -0.1) is 0 Å². The quantitative estimate of drug-likeness (QED) is 0.809. The van der Waals surface area contributed by atoms with Crippen molar-refractivity contribution in [2.75, 3.05) is 6.61 Å². The number of carbonyl (C=O) groups is 2. The third kappa shape index (κ3) is 2.08. The molecule has 90 valence electrons. The van der Waals surface area contributed by atoms with Crippen LogP contribution in [0.15, 0.2) is 24.3 Å². The summed E-state index contributed by atoms with van der Waals surface area (Å²) in [6.07, 6.45) is 0.195. The van der Waals surface area contributed by atoms with E-state index in [-0.39, 0.29) is 13.0 Å². The van der Waals surface area contributed by atoms with Crippen molar-refractivity contribution in [3.05, 3.63) is 29.8 Å². The van der Waals surface area contributed by atoms with Crippen molar-refractivity contribution in [3.63, 3.8) is 0 Å². The maximum atomic E-state index is 11.3. The van der Waals surface area contributed by atoms with Gasteiger partial charge in [0.25, 0.3) is 0 Å². The highest BCUT2D eigenvalue weighted by atomic mass is 16.5. The molecular weight excluding hydrogens is 224 g/mol. The number of benzene rings is 1. The van der Waals surface area contributed by atoms with Crippen LogP contribution < -0.4 is 4.74 Å². The Balaban J connectivity index is 2.50. The summed E-state index contributed by atoms with van der Waals surface area (Å²) in [5.74, 6) is -3.76. The van der Waals surface area contributed by atoms with E-state index in [9.17, 15) is 14.7 Å². The maximum absolute atomic E-state index is 11.3. The zero-order valence-corrected chi connectivity index (χ0v) is 9.00. The van der Waals surface area contributed by atoms with Crippen LogP contribution in [0.2, 0.25) is 0 Å². The summed E-state index contributed by atoms with van der Waals surface area (Å²) in [6.45, 7) is 0.220. The lowest BCUT2D eigenvalue weighted by atomic mass is 9.84. The largest absolute Gasteiger partial charge is 0.493 e. The Hall–Kier alpha value is -2.04. The Morgan fingerprint density at radius 3 is 2.53 bits per heavy atom. The second-order valence-electron chi connectivity index (χ2n) is 3.94. The van der Waals surface area contributed by atoms with Crippen LogP contribution in [0.5, 0.6) is 5.75 Å². The van der Waals surface area contributed by atoms with Gasteiger partial charge in [-0.25, -0.2) is 0 Å². The first kappa shape index (κ1) is 11.4. The van der Waals surface area contributed by atoms with Crippen LogP contribution in [-0.2, 0) is 9.59 Å². The molecule has 0 fully saturated rings. The maximum Gasteiger partial charge on any atom is 0.312 e. The second kappa shape index (κ2) is 4.45. The molecule has 5 nitrogen and oxygen atoms in total. The first-order valence-electron chi connectivity index (χ1n) is 5.28. The average Bonchev–Trinajstić information content (AvgIpc) is 2.47. The molecule has 2 atom stereocenters. The second-order valence-corrected chi connectivity index (χ2v) is 3.94. The van der Waals surface area contributed by atoms with Gasteiger partial charge in [-0.1, -0.05) is 18.2 Å². The molecule has 0 radical (unpaired) electrons. The first-order valence-corrected chi connectivity index (χ1v) is 5.28. The molecule has 2 N–H and O–H groups in total. The van der Waals surface area contributed by atoms with E-state index in [0.717, 1.165) is 0 Å². The van der Waals surface area contributed by atoms with E-state index in [0.29, 0.717) is 11.3 Å². The standard InChI is InChI=1S/C12H12O5/c13-11(14)8-5-6-17-9-4-2-1-3-7(9)10(8)12(15)16/h1-4,8,10H,5-6H2,(H,13,14)(H,15,16). The predicted octanol–water partition coefficient (Wildman–Crippen LogP) is 1.34. The molecule has 1 aromatic carbocycles. The predicted molar refractivity (Wildman–Crippen MR) is 58.1 cm³/mol. The number of hydrogen-bond acceptors (Lipinski definition) is 3. The van der Waals surface area contributed by atoms with Gasteiger partial charge in [0.05, 0.1) is 18.4 Å². The van der Waals surface area contributed by atoms with E-state index < -0.39 is 23.8 Å². The van der Waals surface area contributed by atoms with E-state index in [1.54, 1.807) is 24.3 Å². The summed E-state index contributed by atoms with van der Waals surface area (Å²) in [5, 5.41) is 18.3. The molecule has 2 unspecified atom stereocenters. The number of para-hydroxylation sites is 1. The van der Waals surface area contributed by atoms with Gasteiger partial charge in [-0.2, -0.15) is 0 Å². The first-order chi connectivity index (χ1) is 8.11. The molecule has 1 aromatic rings. The molecule has 0 bridgehead atoms. The van der Waals surface area contributed by atoms with E-state index >= 15 is 0 Å². The molecule has 0 amide bonds. The smallest absolute Gasteiger partial charge is 0.312 e. The summed E-state index contributed by atoms with van der Waals surface area (Å²) in [7, 11) is 0. The Morgan fingerprint density at radius 1 is 1.18 bits per heavy atom. The van der Waals surface area contributed by atoms with Gasteiger partial charge >= 0.3 is 11.9 Å². The molecule has 5 heteroatoms. The summed E-state index contributed by atoms with van der Waals surface area (Å²) in [6, 6.07) is 6.69. The molecule has 2 rings (SSSR count). The third-order valence-electron chi connectivity index (χ3n) is 2.93. The number of hydrogen-bond donors (Lipinski definition) is 2. The monoisotopic (exact) mass is 236 g/mol. The van der Waals surface area contributed by atoms with Gasteiger partial charge < -0.3 is 14.9 Å². The van der Waals surface area contributed by atoms with Gasteiger partial charge in [-0.05, 0) is 12.5 Å². The van der Waals surface area contributed by atoms with E-state index in [2.05, 4.69) is 0 Å². The Labute approximate surface area is 97.6 Å². The molecule has 1 aliphatic rings. The van der Waals surface area contributed by atoms with Crippen LogP contribution >= 0.6 is 0 Å². The van der Waals surface area contributed by atoms with E-state index in [1.807, 2.05) is 0 Å². The van der Waals surface area contributed by atoms with Gasteiger partial charge in [0.1, 0.15) is 5.75 Å². The Bertz CT molecular complexity index is 454. The van der Waals surface area contributed by atoms with Crippen LogP contribution in [0.4, 0.5) is 0 Å². The molecule has 1 aliphatic heterocycles. The highest BCUT2D eigenvalue weighted by Crippen LogP contribution is 2.36. The molecule has 0 aromatic heterocycles. The van der Waals surface area contributed by atoms with E-state index in [4.69, 9.17) is 9.84 Å². The molecule has 0 spiro atoms. The molecule has 0 aliphatic carbocycles. The molecule has 0 saturated heterocycles. The summed E-state index contributed by atoms with van der Waals surface area (Å²) < 4.78 is 5.38. The van der Waals surface area contributed by atoms with Crippen LogP contribution in [0.25, 0.3) is 0 Å².